The lowest BCUT2D eigenvalue weighted by Crippen LogP contribution is -2.46. The van der Waals surface area contributed by atoms with E-state index in [0.717, 1.165) is 22.4 Å². The number of benzene rings is 2. The lowest BCUT2D eigenvalue weighted by molar-refractivity contribution is 0.0699. The molecule has 3 rings (SSSR count). The zero-order chi connectivity index (χ0) is 18.2. The lowest BCUT2D eigenvalue weighted by Gasteiger charge is -2.37. The van der Waals surface area contributed by atoms with Gasteiger partial charge in [-0.25, -0.2) is 4.79 Å². The average Bonchev–Trinajstić information content (AvgIpc) is 2.87. The van der Waals surface area contributed by atoms with E-state index in [1.54, 1.807) is 12.0 Å². The Kier molecular flexibility index (Phi) is 4.46. The molecule has 1 aliphatic rings. The summed E-state index contributed by atoms with van der Waals surface area (Å²) in [7, 11) is 3.48. The molecule has 2 unspecified atom stereocenters. The zero-order valence-corrected chi connectivity index (χ0v) is 15.4. The molecule has 2 aromatic rings. The second-order valence-corrected chi connectivity index (χ2v) is 7.00. The van der Waals surface area contributed by atoms with E-state index in [2.05, 4.69) is 32.9 Å². The van der Waals surface area contributed by atoms with E-state index >= 15 is 0 Å². The van der Waals surface area contributed by atoms with Crippen molar-refractivity contribution in [3.63, 3.8) is 0 Å². The molecule has 1 saturated heterocycles. The van der Waals surface area contributed by atoms with Gasteiger partial charge in [-0.15, -0.1) is 0 Å². The normalized spacial score (nSPS) is 23.0. The van der Waals surface area contributed by atoms with Crippen molar-refractivity contribution in [3.8, 4) is 16.9 Å². The first kappa shape index (κ1) is 17.3. The summed E-state index contributed by atoms with van der Waals surface area (Å²) < 4.78 is 11.3. The molecule has 1 aliphatic heterocycles. The van der Waals surface area contributed by atoms with E-state index in [-0.39, 0.29) is 18.1 Å². The topological polar surface area (TPSA) is 38.8 Å². The van der Waals surface area contributed by atoms with Gasteiger partial charge < -0.3 is 9.47 Å². The van der Waals surface area contributed by atoms with Crippen molar-refractivity contribution in [3.05, 3.63) is 54.1 Å². The predicted molar refractivity (Wildman–Crippen MR) is 98.7 cm³/mol. The van der Waals surface area contributed by atoms with Gasteiger partial charge in [0, 0.05) is 12.6 Å². The van der Waals surface area contributed by atoms with Crippen molar-refractivity contribution in [2.24, 2.45) is 5.92 Å². The van der Waals surface area contributed by atoms with Gasteiger partial charge in [0.15, 0.2) is 0 Å². The van der Waals surface area contributed by atoms with Gasteiger partial charge in [0.25, 0.3) is 0 Å². The van der Waals surface area contributed by atoms with Crippen molar-refractivity contribution in [2.45, 2.75) is 32.4 Å². The fourth-order valence-corrected chi connectivity index (χ4v) is 3.83. The summed E-state index contributed by atoms with van der Waals surface area (Å²) in [6, 6.07) is 16.1. The standard InChI is InChI=1S/C21H25NO3/c1-14(2)19-21(3,22(4)20(23)25-19)17-12-8-6-10-15(17)16-11-7-9-13-18(16)24-5/h6-14,19H,1-5H3. The summed E-state index contributed by atoms with van der Waals surface area (Å²) in [5.74, 6) is 1.01. The highest BCUT2D eigenvalue weighted by Crippen LogP contribution is 2.46. The Morgan fingerprint density at radius 2 is 1.68 bits per heavy atom. The SMILES string of the molecule is COc1ccccc1-c1ccccc1C1(C)C(C(C)C)OC(=O)N1C. The molecule has 1 amide bonds. The second kappa shape index (κ2) is 6.43. The molecule has 4 heteroatoms. The van der Waals surface area contributed by atoms with Crippen LogP contribution in [-0.4, -0.2) is 31.3 Å². The van der Waals surface area contributed by atoms with Crippen LogP contribution < -0.4 is 4.74 Å². The minimum Gasteiger partial charge on any atom is -0.496 e. The number of rotatable bonds is 4. The van der Waals surface area contributed by atoms with Crippen LogP contribution in [0.5, 0.6) is 5.75 Å². The first-order valence-corrected chi connectivity index (χ1v) is 8.58. The molecule has 0 saturated carbocycles. The van der Waals surface area contributed by atoms with Gasteiger partial charge in [0.2, 0.25) is 0 Å². The highest BCUT2D eigenvalue weighted by atomic mass is 16.6. The smallest absolute Gasteiger partial charge is 0.410 e. The molecule has 0 aliphatic carbocycles. The Morgan fingerprint density at radius 1 is 1.08 bits per heavy atom. The molecule has 4 nitrogen and oxygen atoms in total. The number of carbonyl (C=O) groups is 1. The van der Waals surface area contributed by atoms with E-state index in [9.17, 15) is 4.79 Å². The maximum atomic E-state index is 12.3. The number of methoxy groups -OCH3 is 1. The number of hydrogen-bond acceptors (Lipinski definition) is 3. The molecular formula is C21H25NO3. The Hall–Kier alpha value is -2.49. The number of hydrogen-bond donors (Lipinski definition) is 0. The third-order valence-electron chi connectivity index (χ3n) is 5.23. The molecule has 2 aromatic carbocycles. The minimum absolute atomic E-state index is 0.199. The van der Waals surface area contributed by atoms with Gasteiger partial charge in [0.1, 0.15) is 17.4 Å². The summed E-state index contributed by atoms with van der Waals surface area (Å²) in [6.45, 7) is 6.25. The van der Waals surface area contributed by atoms with Crippen molar-refractivity contribution in [1.82, 2.24) is 4.90 Å². The number of amides is 1. The van der Waals surface area contributed by atoms with Crippen molar-refractivity contribution in [1.29, 1.82) is 0 Å². The summed E-state index contributed by atoms with van der Waals surface area (Å²) in [6.07, 6.45) is -0.503. The predicted octanol–water partition coefficient (Wildman–Crippen LogP) is 4.68. The van der Waals surface area contributed by atoms with Crippen molar-refractivity contribution < 1.29 is 14.3 Å². The van der Waals surface area contributed by atoms with E-state index in [4.69, 9.17) is 9.47 Å². The second-order valence-electron chi connectivity index (χ2n) is 7.00. The number of cyclic esters (lactones) is 1. The van der Waals surface area contributed by atoms with Crippen LogP contribution in [-0.2, 0) is 10.3 Å². The third kappa shape index (κ3) is 2.66. The quantitative estimate of drug-likeness (QED) is 0.811. The molecule has 1 fully saturated rings. The summed E-state index contributed by atoms with van der Waals surface area (Å²) in [5.41, 5.74) is 2.57. The number of nitrogens with zero attached hydrogens (tertiary/aromatic N) is 1. The maximum absolute atomic E-state index is 12.3. The largest absolute Gasteiger partial charge is 0.496 e. The average molecular weight is 339 g/mol. The van der Waals surface area contributed by atoms with Crippen LogP contribution in [0.15, 0.2) is 48.5 Å². The lowest BCUT2D eigenvalue weighted by atomic mass is 9.77. The van der Waals surface area contributed by atoms with Crippen LogP contribution in [0, 0.1) is 5.92 Å². The molecule has 0 radical (unpaired) electrons. The van der Waals surface area contributed by atoms with Gasteiger partial charge in [-0.1, -0.05) is 56.3 Å². The van der Waals surface area contributed by atoms with E-state index in [1.807, 2.05) is 43.4 Å². The van der Waals surface area contributed by atoms with Gasteiger partial charge in [-0.05, 0) is 30.0 Å². The zero-order valence-electron chi connectivity index (χ0n) is 15.4. The highest BCUT2D eigenvalue weighted by Gasteiger charge is 2.53. The number of carbonyl (C=O) groups excluding carboxylic acids is 1. The van der Waals surface area contributed by atoms with E-state index in [0.29, 0.717) is 0 Å². The van der Waals surface area contributed by atoms with E-state index in [1.165, 1.54) is 0 Å². The number of ether oxygens (including phenoxy) is 2. The molecular weight excluding hydrogens is 314 g/mol. The summed E-state index contributed by atoms with van der Waals surface area (Å²) >= 11 is 0. The third-order valence-corrected chi connectivity index (χ3v) is 5.23. The molecule has 0 aromatic heterocycles. The molecule has 1 heterocycles. The van der Waals surface area contributed by atoms with Crippen LogP contribution in [0.3, 0.4) is 0 Å². The van der Waals surface area contributed by atoms with Crippen molar-refractivity contribution in [2.75, 3.05) is 14.2 Å². The fourth-order valence-electron chi connectivity index (χ4n) is 3.83. The van der Waals surface area contributed by atoms with Crippen LogP contribution in [0.2, 0.25) is 0 Å². The summed E-state index contributed by atoms with van der Waals surface area (Å²) in [4.78, 5) is 14.0. The Morgan fingerprint density at radius 3 is 2.32 bits per heavy atom. The first-order valence-electron chi connectivity index (χ1n) is 8.58. The van der Waals surface area contributed by atoms with Gasteiger partial charge in [-0.3, -0.25) is 4.90 Å². The van der Waals surface area contributed by atoms with Crippen LogP contribution in [0.4, 0.5) is 4.79 Å². The number of para-hydroxylation sites is 1. The van der Waals surface area contributed by atoms with Crippen LogP contribution >= 0.6 is 0 Å². The monoisotopic (exact) mass is 339 g/mol. The molecule has 0 N–H and O–H groups in total. The molecule has 132 valence electrons. The Bertz CT molecular complexity index is 786. The highest BCUT2D eigenvalue weighted by molar-refractivity contribution is 5.78. The van der Waals surface area contributed by atoms with Crippen LogP contribution in [0.1, 0.15) is 26.3 Å². The maximum Gasteiger partial charge on any atom is 0.410 e. The molecule has 0 bridgehead atoms. The number of likely N-dealkylation sites (N-methyl/N-ethyl adjacent to an activating group) is 1. The summed E-state index contributed by atoms with van der Waals surface area (Å²) in [5, 5.41) is 0. The van der Waals surface area contributed by atoms with Gasteiger partial charge >= 0.3 is 6.09 Å². The minimum atomic E-state index is -0.553. The van der Waals surface area contributed by atoms with Gasteiger partial charge in [-0.2, -0.15) is 0 Å². The van der Waals surface area contributed by atoms with Crippen molar-refractivity contribution >= 4 is 6.09 Å². The fraction of sp³-hybridized carbons (Fsp3) is 0.381. The van der Waals surface area contributed by atoms with Crippen LogP contribution in [0.25, 0.3) is 11.1 Å². The molecule has 0 spiro atoms. The first-order chi connectivity index (χ1) is 11.9. The van der Waals surface area contributed by atoms with E-state index < -0.39 is 5.54 Å². The Balaban J connectivity index is 2.23. The van der Waals surface area contributed by atoms with Gasteiger partial charge in [0.05, 0.1) is 7.11 Å². The molecule has 2 atom stereocenters. The Labute approximate surface area is 149 Å². The molecule has 25 heavy (non-hydrogen) atoms.